The van der Waals surface area contributed by atoms with Crippen LogP contribution in [0, 0.1) is 0 Å². The molecule has 3 rings (SSSR count). The average Bonchev–Trinajstić information content (AvgIpc) is 2.94. The van der Waals surface area contributed by atoms with Crippen molar-refractivity contribution in [3.05, 3.63) is 89.5 Å². The molecule has 8 heteroatoms. The zero-order chi connectivity index (χ0) is 27.3. The van der Waals surface area contributed by atoms with Gasteiger partial charge in [0.1, 0.15) is 23.3 Å². The van der Waals surface area contributed by atoms with Crippen LogP contribution in [0.5, 0.6) is 17.2 Å². The second-order valence-electron chi connectivity index (χ2n) is 9.06. The lowest BCUT2D eigenvalue weighted by Crippen LogP contribution is -2.52. The lowest BCUT2D eigenvalue weighted by Gasteiger charge is -2.23. The van der Waals surface area contributed by atoms with E-state index in [1.54, 1.807) is 6.92 Å². The number of ether oxygens (including phenoxy) is 2. The van der Waals surface area contributed by atoms with E-state index in [1.807, 2.05) is 48.5 Å². The largest absolute Gasteiger partial charge is 0.508 e. The van der Waals surface area contributed by atoms with Crippen LogP contribution in [0.25, 0.3) is 0 Å². The quantitative estimate of drug-likeness (QED) is 0.243. The molecule has 38 heavy (non-hydrogen) atoms. The molecule has 0 aliphatic heterocycles. The number of benzene rings is 3. The van der Waals surface area contributed by atoms with Crippen molar-refractivity contribution in [1.82, 2.24) is 16.0 Å². The number of carbonyl (C=O) groups is 2. The fraction of sp³-hybridized carbons (Fsp3) is 0.333. The van der Waals surface area contributed by atoms with Crippen molar-refractivity contribution in [2.45, 2.75) is 44.8 Å². The SMILES string of the molecule is COc1cc(O)cc(OC)c1C[C@H](NCc1ccccc1)C(=O)N[C@H](C)C(=O)NCCCc1ccccc1. The minimum atomic E-state index is -0.719. The zero-order valence-corrected chi connectivity index (χ0v) is 22.2. The van der Waals surface area contributed by atoms with Crippen LogP contribution in [0.4, 0.5) is 0 Å². The Morgan fingerprint density at radius 2 is 1.45 bits per heavy atom. The number of hydrogen-bond acceptors (Lipinski definition) is 6. The molecule has 0 unspecified atom stereocenters. The highest BCUT2D eigenvalue weighted by molar-refractivity contribution is 5.89. The highest BCUT2D eigenvalue weighted by Gasteiger charge is 2.26. The van der Waals surface area contributed by atoms with Crippen LogP contribution in [0.3, 0.4) is 0 Å². The summed E-state index contributed by atoms with van der Waals surface area (Å²) in [5, 5.41) is 19.1. The van der Waals surface area contributed by atoms with Crippen LogP contribution < -0.4 is 25.4 Å². The minimum absolute atomic E-state index is 0.00162. The number of amides is 2. The van der Waals surface area contributed by atoms with Crippen LogP contribution in [0.2, 0.25) is 0 Å². The molecule has 0 saturated carbocycles. The predicted octanol–water partition coefficient (Wildman–Crippen LogP) is 3.36. The van der Waals surface area contributed by atoms with E-state index in [0.29, 0.717) is 30.2 Å². The van der Waals surface area contributed by atoms with E-state index in [0.717, 1.165) is 18.4 Å². The Morgan fingerprint density at radius 1 is 0.868 bits per heavy atom. The van der Waals surface area contributed by atoms with E-state index in [2.05, 4.69) is 28.1 Å². The third kappa shape index (κ3) is 8.52. The van der Waals surface area contributed by atoms with Gasteiger partial charge in [-0.15, -0.1) is 0 Å². The molecule has 3 aromatic carbocycles. The highest BCUT2D eigenvalue weighted by Crippen LogP contribution is 2.34. The second-order valence-corrected chi connectivity index (χ2v) is 9.06. The zero-order valence-electron chi connectivity index (χ0n) is 22.2. The standard InChI is InChI=1S/C30H37N3O5/c1-21(29(35)31-16-10-15-22-11-6-4-7-12-22)33-30(36)26(32-20-23-13-8-5-9-14-23)19-25-27(37-2)17-24(34)18-28(25)38-3/h4-9,11-14,17-18,21,26,32,34H,10,15-16,19-20H2,1-3H3,(H,31,35)(H,33,36)/t21-,26+/m1/s1. The van der Waals surface area contributed by atoms with Gasteiger partial charge in [0.2, 0.25) is 11.8 Å². The minimum Gasteiger partial charge on any atom is -0.508 e. The molecule has 0 aromatic heterocycles. The summed E-state index contributed by atoms with van der Waals surface area (Å²) in [5.41, 5.74) is 2.86. The number of hydrogen-bond donors (Lipinski definition) is 4. The van der Waals surface area contributed by atoms with E-state index >= 15 is 0 Å². The van der Waals surface area contributed by atoms with Gasteiger partial charge in [0, 0.05) is 37.2 Å². The molecule has 2 amide bonds. The number of rotatable bonds is 14. The Kier molecular flexibility index (Phi) is 11.0. The van der Waals surface area contributed by atoms with Crippen LogP contribution in [-0.2, 0) is 29.0 Å². The maximum atomic E-state index is 13.4. The molecule has 202 valence electrons. The van der Waals surface area contributed by atoms with Crippen LogP contribution >= 0.6 is 0 Å². The Hall–Kier alpha value is -4.04. The predicted molar refractivity (Wildman–Crippen MR) is 147 cm³/mol. The number of methoxy groups -OCH3 is 2. The van der Waals surface area contributed by atoms with Crippen LogP contribution in [0.15, 0.2) is 72.8 Å². The van der Waals surface area contributed by atoms with Gasteiger partial charge >= 0.3 is 0 Å². The molecule has 0 saturated heterocycles. The number of nitrogens with one attached hydrogen (secondary N) is 3. The fourth-order valence-electron chi connectivity index (χ4n) is 4.15. The van der Waals surface area contributed by atoms with Crippen molar-refractivity contribution in [1.29, 1.82) is 0 Å². The molecule has 0 radical (unpaired) electrons. The summed E-state index contributed by atoms with van der Waals surface area (Å²) in [7, 11) is 2.99. The summed E-state index contributed by atoms with van der Waals surface area (Å²) in [4.78, 5) is 26.1. The lowest BCUT2D eigenvalue weighted by molar-refractivity contribution is -0.129. The van der Waals surface area contributed by atoms with Crippen molar-refractivity contribution in [3.63, 3.8) is 0 Å². The summed E-state index contributed by atoms with van der Waals surface area (Å²) in [5.74, 6) is 0.243. The van der Waals surface area contributed by atoms with Gasteiger partial charge in [0.15, 0.2) is 0 Å². The molecule has 0 fully saturated rings. The first-order valence-corrected chi connectivity index (χ1v) is 12.7. The van der Waals surface area contributed by atoms with E-state index in [1.165, 1.54) is 31.9 Å². The summed E-state index contributed by atoms with van der Waals surface area (Å²) in [6.45, 7) is 2.63. The molecule has 0 heterocycles. The van der Waals surface area contributed by atoms with Crippen LogP contribution in [0.1, 0.15) is 30.0 Å². The first-order chi connectivity index (χ1) is 18.4. The molecular formula is C30H37N3O5. The maximum absolute atomic E-state index is 13.4. The molecule has 0 bridgehead atoms. The average molecular weight is 520 g/mol. The van der Waals surface area contributed by atoms with Gasteiger partial charge in [0.25, 0.3) is 0 Å². The van der Waals surface area contributed by atoms with Gasteiger partial charge in [-0.1, -0.05) is 60.7 Å². The fourth-order valence-corrected chi connectivity index (χ4v) is 4.15. The third-order valence-corrected chi connectivity index (χ3v) is 6.25. The van der Waals surface area contributed by atoms with Gasteiger partial charge < -0.3 is 30.5 Å². The molecule has 0 aliphatic rings. The van der Waals surface area contributed by atoms with Crippen molar-refractivity contribution in [2.75, 3.05) is 20.8 Å². The Morgan fingerprint density at radius 3 is 2.03 bits per heavy atom. The molecule has 4 N–H and O–H groups in total. The number of phenolic OH excluding ortho intramolecular Hbond substituents is 1. The first-order valence-electron chi connectivity index (χ1n) is 12.7. The first kappa shape index (κ1) is 28.5. The highest BCUT2D eigenvalue weighted by atomic mass is 16.5. The number of carbonyl (C=O) groups excluding carboxylic acids is 2. The van der Waals surface area contributed by atoms with E-state index in [-0.39, 0.29) is 24.0 Å². The van der Waals surface area contributed by atoms with Crippen molar-refractivity contribution in [2.24, 2.45) is 0 Å². The summed E-state index contributed by atoms with van der Waals surface area (Å²) < 4.78 is 10.9. The van der Waals surface area contributed by atoms with Gasteiger partial charge in [-0.25, -0.2) is 0 Å². The summed E-state index contributed by atoms with van der Waals surface area (Å²) >= 11 is 0. The normalized spacial score (nSPS) is 12.3. The number of phenols is 1. The molecule has 2 atom stereocenters. The van der Waals surface area contributed by atoms with E-state index in [9.17, 15) is 14.7 Å². The Bertz CT molecular complexity index is 1150. The smallest absolute Gasteiger partial charge is 0.242 e. The molecular weight excluding hydrogens is 482 g/mol. The van der Waals surface area contributed by atoms with Gasteiger partial charge in [-0.2, -0.15) is 0 Å². The Labute approximate surface area is 224 Å². The summed E-state index contributed by atoms with van der Waals surface area (Å²) in [6.07, 6.45) is 1.89. The van der Waals surface area contributed by atoms with E-state index < -0.39 is 12.1 Å². The third-order valence-electron chi connectivity index (χ3n) is 6.25. The van der Waals surface area contributed by atoms with Gasteiger partial charge in [-0.3, -0.25) is 9.59 Å². The van der Waals surface area contributed by atoms with Crippen molar-refractivity contribution >= 4 is 11.8 Å². The molecule has 0 spiro atoms. The molecule has 0 aliphatic carbocycles. The van der Waals surface area contributed by atoms with Crippen molar-refractivity contribution in [3.8, 4) is 17.2 Å². The van der Waals surface area contributed by atoms with Gasteiger partial charge in [-0.05, 0) is 30.9 Å². The Balaban J connectivity index is 1.65. The monoisotopic (exact) mass is 519 g/mol. The topological polar surface area (TPSA) is 109 Å². The maximum Gasteiger partial charge on any atom is 0.242 e. The van der Waals surface area contributed by atoms with Crippen LogP contribution in [-0.4, -0.2) is 49.8 Å². The number of aryl methyl sites for hydroxylation is 1. The van der Waals surface area contributed by atoms with Crippen molar-refractivity contribution < 1.29 is 24.2 Å². The van der Waals surface area contributed by atoms with Gasteiger partial charge in [0.05, 0.1) is 20.3 Å². The van der Waals surface area contributed by atoms with E-state index in [4.69, 9.17) is 9.47 Å². The number of aromatic hydroxyl groups is 1. The molecule has 8 nitrogen and oxygen atoms in total. The lowest BCUT2D eigenvalue weighted by atomic mass is 10.0. The summed E-state index contributed by atoms with van der Waals surface area (Å²) in [6, 6.07) is 21.4. The second kappa shape index (κ2) is 14.6. The molecule has 3 aromatic rings.